The molecule has 5 nitrogen and oxygen atoms in total. The van der Waals surface area contributed by atoms with Gasteiger partial charge in [-0.1, -0.05) is 19.1 Å². The molecule has 2 rings (SSSR count). The van der Waals surface area contributed by atoms with Crippen molar-refractivity contribution in [2.24, 2.45) is 0 Å². The highest BCUT2D eigenvalue weighted by Gasteiger charge is 2.36. The molecule has 0 radical (unpaired) electrons. The first-order valence-electron chi connectivity index (χ1n) is 6.14. The second kappa shape index (κ2) is 5.26. The third kappa shape index (κ3) is 3.22. The Balaban J connectivity index is 2.17. The molecular weight excluding hydrogens is 250 g/mol. The van der Waals surface area contributed by atoms with E-state index < -0.39 is 10.2 Å². The zero-order chi connectivity index (χ0) is 13.2. The van der Waals surface area contributed by atoms with Crippen LogP contribution < -0.4 is 10.5 Å². The highest BCUT2D eigenvalue weighted by atomic mass is 32.2. The maximum atomic E-state index is 12.1. The molecule has 1 aliphatic carbocycles. The van der Waals surface area contributed by atoms with Crippen LogP contribution in [0.3, 0.4) is 0 Å². The minimum Gasteiger partial charge on any atom is -0.399 e. The van der Waals surface area contributed by atoms with Crippen LogP contribution in [0.25, 0.3) is 0 Å². The van der Waals surface area contributed by atoms with E-state index in [0.717, 1.165) is 18.4 Å². The number of anilines is 1. The van der Waals surface area contributed by atoms with Crippen molar-refractivity contribution in [3.63, 3.8) is 0 Å². The van der Waals surface area contributed by atoms with Crippen molar-refractivity contribution >= 4 is 15.9 Å². The molecule has 1 aromatic carbocycles. The third-order valence-electron chi connectivity index (χ3n) is 2.88. The molecule has 0 aliphatic heterocycles. The van der Waals surface area contributed by atoms with Crippen LogP contribution in [0.4, 0.5) is 5.69 Å². The molecule has 18 heavy (non-hydrogen) atoms. The fourth-order valence-corrected chi connectivity index (χ4v) is 3.36. The number of nitrogen functional groups attached to an aromatic ring is 1. The van der Waals surface area contributed by atoms with E-state index in [2.05, 4.69) is 4.72 Å². The van der Waals surface area contributed by atoms with E-state index in [1.165, 1.54) is 4.31 Å². The molecule has 0 saturated heterocycles. The van der Waals surface area contributed by atoms with Crippen LogP contribution in [0, 0.1) is 0 Å². The number of rotatable bonds is 6. The van der Waals surface area contributed by atoms with Gasteiger partial charge in [0, 0.05) is 24.8 Å². The van der Waals surface area contributed by atoms with Crippen LogP contribution in [0.15, 0.2) is 24.3 Å². The molecular formula is C12H19N3O2S. The first-order chi connectivity index (χ1) is 8.53. The summed E-state index contributed by atoms with van der Waals surface area (Å²) in [5, 5.41) is 0. The minimum atomic E-state index is -3.38. The summed E-state index contributed by atoms with van der Waals surface area (Å²) in [4.78, 5) is 0. The van der Waals surface area contributed by atoms with Crippen molar-refractivity contribution in [2.45, 2.75) is 32.4 Å². The lowest BCUT2D eigenvalue weighted by Gasteiger charge is -2.22. The first kappa shape index (κ1) is 13.3. The highest BCUT2D eigenvalue weighted by Crippen LogP contribution is 2.30. The summed E-state index contributed by atoms with van der Waals surface area (Å²) < 4.78 is 28.2. The highest BCUT2D eigenvalue weighted by molar-refractivity contribution is 7.87. The van der Waals surface area contributed by atoms with Gasteiger partial charge in [-0.05, 0) is 30.5 Å². The van der Waals surface area contributed by atoms with E-state index in [0.29, 0.717) is 18.8 Å². The lowest BCUT2D eigenvalue weighted by Crippen LogP contribution is -2.41. The molecule has 6 heteroatoms. The first-order valence-corrected chi connectivity index (χ1v) is 7.58. The Bertz CT molecular complexity index is 512. The molecule has 0 aromatic heterocycles. The Morgan fingerprint density at radius 1 is 1.44 bits per heavy atom. The second-order valence-corrected chi connectivity index (χ2v) is 6.23. The molecule has 0 heterocycles. The molecule has 0 spiro atoms. The summed E-state index contributed by atoms with van der Waals surface area (Å²) >= 11 is 0. The van der Waals surface area contributed by atoms with Crippen LogP contribution in [0.5, 0.6) is 0 Å². The molecule has 1 aromatic rings. The lowest BCUT2D eigenvalue weighted by molar-refractivity contribution is 0.391. The normalized spacial score (nSPS) is 16.1. The van der Waals surface area contributed by atoms with Gasteiger partial charge in [-0.15, -0.1) is 0 Å². The monoisotopic (exact) mass is 269 g/mol. The summed E-state index contributed by atoms with van der Waals surface area (Å²) in [5.74, 6) is 0. The predicted octanol–water partition coefficient (Wildman–Crippen LogP) is 1.09. The van der Waals surface area contributed by atoms with Crippen LogP contribution in [-0.2, 0) is 16.8 Å². The van der Waals surface area contributed by atoms with E-state index in [1.807, 2.05) is 18.2 Å². The molecule has 1 fully saturated rings. The van der Waals surface area contributed by atoms with Gasteiger partial charge < -0.3 is 5.73 Å². The number of benzene rings is 1. The summed E-state index contributed by atoms with van der Waals surface area (Å²) in [7, 11) is -3.38. The van der Waals surface area contributed by atoms with Crippen molar-refractivity contribution < 1.29 is 8.42 Å². The summed E-state index contributed by atoms with van der Waals surface area (Å²) in [5.41, 5.74) is 7.29. The van der Waals surface area contributed by atoms with Crippen molar-refractivity contribution in [1.29, 1.82) is 0 Å². The van der Waals surface area contributed by atoms with E-state index in [1.54, 1.807) is 13.0 Å². The van der Waals surface area contributed by atoms with E-state index >= 15 is 0 Å². The number of nitrogens with zero attached hydrogens (tertiary/aromatic N) is 1. The predicted molar refractivity (Wildman–Crippen MR) is 72.0 cm³/mol. The van der Waals surface area contributed by atoms with Crippen LogP contribution in [0.2, 0.25) is 0 Å². The molecule has 0 amide bonds. The molecule has 100 valence electrons. The molecule has 1 saturated carbocycles. The summed E-state index contributed by atoms with van der Waals surface area (Å²) in [6.07, 6.45) is 1.87. The Hall–Kier alpha value is -1.11. The van der Waals surface area contributed by atoms with Gasteiger partial charge in [-0.3, -0.25) is 0 Å². The second-order valence-electron chi connectivity index (χ2n) is 4.52. The lowest BCUT2D eigenvalue weighted by atomic mass is 10.2. The minimum absolute atomic E-state index is 0.135. The number of hydrogen-bond donors (Lipinski definition) is 2. The Labute approximate surface area is 108 Å². The molecule has 0 atom stereocenters. The van der Waals surface area contributed by atoms with Gasteiger partial charge in [0.1, 0.15) is 0 Å². The van der Waals surface area contributed by atoms with Crippen LogP contribution >= 0.6 is 0 Å². The Morgan fingerprint density at radius 2 is 2.17 bits per heavy atom. The van der Waals surface area contributed by atoms with E-state index in [4.69, 9.17) is 5.73 Å². The van der Waals surface area contributed by atoms with Gasteiger partial charge in [-0.25, -0.2) is 4.72 Å². The summed E-state index contributed by atoms with van der Waals surface area (Å²) in [6, 6.07) is 7.49. The third-order valence-corrected chi connectivity index (χ3v) is 4.58. The van der Waals surface area contributed by atoms with Crippen molar-refractivity contribution in [3.05, 3.63) is 29.8 Å². The van der Waals surface area contributed by atoms with Gasteiger partial charge in [-0.2, -0.15) is 12.7 Å². The largest absolute Gasteiger partial charge is 0.399 e. The standard InChI is InChI=1S/C12H19N3O2S/c1-2-14-18(16,17)15(12-6-7-12)9-10-4-3-5-11(13)8-10/h3-5,8,12,14H,2,6-7,9,13H2,1H3. The van der Waals surface area contributed by atoms with Gasteiger partial charge in [0.15, 0.2) is 0 Å². The smallest absolute Gasteiger partial charge is 0.279 e. The SMILES string of the molecule is CCNS(=O)(=O)N(Cc1cccc(N)c1)C1CC1. The van der Waals surface area contributed by atoms with Crippen molar-refractivity contribution in [3.8, 4) is 0 Å². The zero-order valence-corrected chi connectivity index (χ0v) is 11.3. The average molecular weight is 269 g/mol. The van der Waals surface area contributed by atoms with Crippen LogP contribution in [0.1, 0.15) is 25.3 Å². The molecule has 0 bridgehead atoms. The average Bonchev–Trinajstić information content (AvgIpc) is 3.09. The van der Waals surface area contributed by atoms with E-state index in [9.17, 15) is 8.42 Å². The number of hydrogen-bond acceptors (Lipinski definition) is 3. The fraction of sp³-hybridized carbons (Fsp3) is 0.500. The Kier molecular flexibility index (Phi) is 3.89. The maximum absolute atomic E-state index is 12.1. The number of nitrogens with one attached hydrogen (secondary N) is 1. The van der Waals surface area contributed by atoms with Crippen molar-refractivity contribution in [2.75, 3.05) is 12.3 Å². The van der Waals surface area contributed by atoms with Crippen LogP contribution in [-0.4, -0.2) is 25.3 Å². The Morgan fingerprint density at radius 3 is 2.72 bits per heavy atom. The molecule has 1 aliphatic rings. The topological polar surface area (TPSA) is 75.4 Å². The zero-order valence-electron chi connectivity index (χ0n) is 10.5. The number of nitrogens with two attached hydrogens (primary N) is 1. The maximum Gasteiger partial charge on any atom is 0.279 e. The molecule has 0 unspecified atom stereocenters. The summed E-state index contributed by atoms with van der Waals surface area (Å²) in [6.45, 7) is 2.57. The van der Waals surface area contributed by atoms with Gasteiger partial charge >= 0.3 is 0 Å². The van der Waals surface area contributed by atoms with E-state index in [-0.39, 0.29) is 6.04 Å². The molecule has 3 N–H and O–H groups in total. The van der Waals surface area contributed by atoms with Gasteiger partial charge in [0.2, 0.25) is 0 Å². The quantitative estimate of drug-likeness (QED) is 0.759. The fourth-order valence-electron chi connectivity index (χ4n) is 1.91. The van der Waals surface area contributed by atoms with Gasteiger partial charge in [0.05, 0.1) is 0 Å². The van der Waals surface area contributed by atoms with Gasteiger partial charge in [0.25, 0.3) is 10.2 Å². The van der Waals surface area contributed by atoms with Crippen molar-refractivity contribution in [1.82, 2.24) is 9.03 Å².